The Morgan fingerprint density at radius 3 is 2.78 bits per heavy atom. The summed E-state index contributed by atoms with van der Waals surface area (Å²) in [5.74, 6) is -0.284. The summed E-state index contributed by atoms with van der Waals surface area (Å²) in [7, 11) is 0. The molecule has 1 fully saturated rings. The molecular weight excluding hydrogens is 230 g/mol. The maximum Gasteiger partial charge on any atom is 0.302 e. The number of hydrogen-bond donors (Lipinski definition) is 1. The SMILES string of the molecule is CC(=O)OC1CC(O)CN(Cc2ccccc2)C1. The van der Waals surface area contributed by atoms with Crippen molar-refractivity contribution in [2.24, 2.45) is 0 Å². The van der Waals surface area contributed by atoms with Crippen molar-refractivity contribution in [1.82, 2.24) is 4.90 Å². The van der Waals surface area contributed by atoms with Gasteiger partial charge in [0.2, 0.25) is 0 Å². The molecule has 1 aliphatic heterocycles. The van der Waals surface area contributed by atoms with Crippen LogP contribution in [0.4, 0.5) is 0 Å². The molecule has 2 atom stereocenters. The summed E-state index contributed by atoms with van der Waals surface area (Å²) in [5.41, 5.74) is 1.20. The van der Waals surface area contributed by atoms with Gasteiger partial charge in [-0.1, -0.05) is 30.3 Å². The number of hydrogen-bond acceptors (Lipinski definition) is 4. The highest BCUT2D eigenvalue weighted by Gasteiger charge is 2.27. The van der Waals surface area contributed by atoms with Crippen molar-refractivity contribution in [2.75, 3.05) is 13.1 Å². The highest BCUT2D eigenvalue weighted by atomic mass is 16.5. The maximum absolute atomic E-state index is 11.0. The van der Waals surface area contributed by atoms with Crippen LogP contribution in [-0.2, 0) is 16.1 Å². The molecule has 1 aliphatic rings. The molecule has 1 heterocycles. The van der Waals surface area contributed by atoms with Gasteiger partial charge < -0.3 is 9.84 Å². The average Bonchev–Trinajstić information content (AvgIpc) is 2.28. The lowest BCUT2D eigenvalue weighted by Crippen LogP contribution is -2.46. The Bertz CT molecular complexity index is 393. The lowest BCUT2D eigenvalue weighted by molar-refractivity contribution is -0.151. The van der Waals surface area contributed by atoms with Gasteiger partial charge in [-0.3, -0.25) is 9.69 Å². The average molecular weight is 249 g/mol. The first-order valence-corrected chi connectivity index (χ1v) is 6.25. The van der Waals surface area contributed by atoms with Crippen LogP contribution in [0.2, 0.25) is 0 Å². The predicted octanol–water partition coefficient (Wildman–Crippen LogP) is 1.18. The van der Waals surface area contributed by atoms with E-state index in [1.54, 1.807) is 0 Å². The van der Waals surface area contributed by atoms with Crippen LogP contribution in [0.1, 0.15) is 18.9 Å². The van der Waals surface area contributed by atoms with Crippen molar-refractivity contribution in [3.05, 3.63) is 35.9 Å². The Morgan fingerprint density at radius 1 is 1.39 bits per heavy atom. The molecule has 0 aromatic heterocycles. The van der Waals surface area contributed by atoms with Gasteiger partial charge in [-0.2, -0.15) is 0 Å². The van der Waals surface area contributed by atoms with Crippen molar-refractivity contribution in [1.29, 1.82) is 0 Å². The summed E-state index contributed by atoms with van der Waals surface area (Å²) in [6.07, 6.45) is -0.0907. The van der Waals surface area contributed by atoms with E-state index in [4.69, 9.17) is 4.74 Å². The molecule has 1 aromatic carbocycles. The van der Waals surface area contributed by atoms with Gasteiger partial charge >= 0.3 is 5.97 Å². The van der Waals surface area contributed by atoms with Gasteiger partial charge in [-0.15, -0.1) is 0 Å². The van der Waals surface area contributed by atoms with Crippen molar-refractivity contribution in [2.45, 2.75) is 32.1 Å². The molecule has 0 amide bonds. The summed E-state index contributed by atoms with van der Waals surface area (Å²) < 4.78 is 5.19. The summed E-state index contributed by atoms with van der Waals surface area (Å²) >= 11 is 0. The van der Waals surface area contributed by atoms with Crippen molar-refractivity contribution in [3.63, 3.8) is 0 Å². The summed E-state index contributed by atoms with van der Waals surface area (Å²) in [4.78, 5) is 13.1. The molecule has 0 bridgehead atoms. The first-order valence-electron chi connectivity index (χ1n) is 6.25. The number of rotatable bonds is 3. The fourth-order valence-electron chi connectivity index (χ4n) is 2.40. The van der Waals surface area contributed by atoms with Crippen molar-refractivity contribution < 1.29 is 14.6 Å². The Balaban J connectivity index is 1.94. The number of β-amino-alcohol motifs (C(OH)–C–C–N with tert-alkyl or cyclic N) is 1. The molecule has 98 valence electrons. The van der Waals surface area contributed by atoms with Gasteiger partial charge in [0.15, 0.2) is 0 Å². The molecule has 0 spiro atoms. The predicted molar refractivity (Wildman–Crippen MR) is 67.9 cm³/mol. The Morgan fingerprint density at radius 2 is 2.11 bits per heavy atom. The number of aliphatic hydroxyl groups is 1. The number of aliphatic hydroxyl groups excluding tert-OH is 1. The second-order valence-electron chi connectivity index (χ2n) is 4.80. The zero-order valence-corrected chi connectivity index (χ0v) is 10.6. The second kappa shape index (κ2) is 5.98. The lowest BCUT2D eigenvalue weighted by Gasteiger charge is -2.35. The fraction of sp³-hybridized carbons (Fsp3) is 0.500. The number of nitrogens with zero attached hydrogens (tertiary/aromatic N) is 1. The normalized spacial score (nSPS) is 24.8. The molecule has 1 N–H and O–H groups in total. The number of likely N-dealkylation sites (tertiary alicyclic amines) is 1. The maximum atomic E-state index is 11.0. The molecule has 18 heavy (non-hydrogen) atoms. The van der Waals surface area contributed by atoms with Crippen LogP contribution >= 0.6 is 0 Å². The molecule has 0 radical (unpaired) electrons. The molecular formula is C14H19NO3. The van der Waals surface area contributed by atoms with Crippen LogP contribution in [0.5, 0.6) is 0 Å². The van der Waals surface area contributed by atoms with E-state index in [1.807, 2.05) is 18.2 Å². The number of esters is 1. The van der Waals surface area contributed by atoms with Gasteiger partial charge in [0.25, 0.3) is 0 Å². The van der Waals surface area contributed by atoms with E-state index in [1.165, 1.54) is 12.5 Å². The van der Waals surface area contributed by atoms with E-state index >= 15 is 0 Å². The number of carbonyl (C=O) groups is 1. The molecule has 2 unspecified atom stereocenters. The van der Waals surface area contributed by atoms with Crippen molar-refractivity contribution >= 4 is 5.97 Å². The standard InChI is InChI=1S/C14H19NO3/c1-11(16)18-14-7-13(17)9-15(10-14)8-12-5-3-2-4-6-12/h2-6,13-14,17H,7-10H2,1H3. The molecule has 1 aromatic rings. The monoisotopic (exact) mass is 249 g/mol. The zero-order valence-electron chi connectivity index (χ0n) is 10.6. The number of piperidine rings is 1. The lowest BCUT2D eigenvalue weighted by atomic mass is 10.0. The molecule has 0 aliphatic carbocycles. The van der Waals surface area contributed by atoms with Crippen LogP contribution in [0.25, 0.3) is 0 Å². The number of benzene rings is 1. The van der Waals surface area contributed by atoms with E-state index in [0.717, 1.165) is 6.54 Å². The van der Waals surface area contributed by atoms with Crippen LogP contribution < -0.4 is 0 Å². The van der Waals surface area contributed by atoms with Gasteiger partial charge in [-0.25, -0.2) is 0 Å². The van der Waals surface area contributed by atoms with Crippen molar-refractivity contribution in [3.8, 4) is 0 Å². The van der Waals surface area contributed by atoms with Gasteiger partial charge in [0.1, 0.15) is 6.10 Å². The Labute approximate surface area is 107 Å². The smallest absolute Gasteiger partial charge is 0.302 e. The summed E-state index contributed by atoms with van der Waals surface area (Å²) in [6.45, 7) is 3.50. The molecule has 2 rings (SSSR count). The topological polar surface area (TPSA) is 49.8 Å². The first-order chi connectivity index (χ1) is 8.63. The van der Waals surface area contributed by atoms with E-state index in [9.17, 15) is 9.90 Å². The Hall–Kier alpha value is -1.39. The zero-order chi connectivity index (χ0) is 13.0. The quantitative estimate of drug-likeness (QED) is 0.817. The minimum Gasteiger partial charge on any atom is -0.461 e. The molecule has 4 nitrogen and oxygen atoms in total. The van der Waals surface area contributed by atoms with Gasteiger partial charge in [0.05, 0.1) is 6.10 Å². The third-order valence-corrected chi connectivity index (χ3v) is 3.05. The van der Waals surface area contributed by atoms with E-state index in [0.29, 0.717) is 19.5 Å². The second-order valence-corrected chi connectivity index (χ2v) is 4.80. The van der Waals surface area contributed by atoms with Crippen LogP contribution in [0, 0.1) is 0 Å². The fourth-order valence-corrected chi connectivity index (χ4v) is 2.40. The minimum absolute atomic E-state index is 0.199. The van der Waals surface area contributed by atoms with E-state index in [2.05, 4.69) is 17.0 Å². The molecule has 1 saturated heterocycles. The number of carbonyl (C=O) groups excluding carboxylic acids is 1. The summed E-state index contributed by atoms with van der Waals surface area (Å²) in [6, 6.07) is 10.1. The summed E-state index contributed by atoms with van der Waals surface area (Å²) in [5, 5.41) is 9.81. The van der Waals surface area contributed by atoms with Gasteiger partial charge in [0, 0.05) is 33.0 Å². The highest BCUT2D eigenvalue weighted by Crippen LogP contribution is 2.16. The Kier molecular flexibility index (Phi) is 4.33. The first kappa shape index (κ1) is 13.1. The van der Waals surface area contributed by atoms with E-state index < -0.39 is 6.10 Å². The molecule has 0 saturated carbocycles. The third-order valence-electron chi connectivity index (χ3n) is 3.05. The molecule has 4 heteroatoms. The van der Waals surface area contributed by atoms with Crippen LogP contribution in [-0.4, -0.2) is 41.3 Å². The highest BCUT2D eigenvalue weighted by molar-refractivity contribution is 5.66. The minimum atomic E-state index is -0.424. The largest absolute Gasteiger partial charge is 0.461 e. The van der Waals surface area contributed by atoms with E-state index in [-0.39, 0.29) is 12.1 Å². The number of ether oxygens (including phenoxy) is 1. The van der Waals surface area contributed by atoms with Crippen LogP contribution in [0.3, 0.4) is 0 Å². The van der Waals surface area contributed by atoms with Crippen LogP contribution in [0.15, 0.2) is 30.3 Å². The van der Waals surface area contributed by atoms with Gasteiger partial charge in [-0.05, 0) is 5.56 Å². The third kappa shape index (κ3) is 3.82.